The normalized spacial score (nSPS) is 12.5. The fourth-order valence-corrected chi connectivity index (χ4v) is 2.83. The largest absolute Gasteiger partial charge is 0.309 e. The molecular weight excluding hydrogens is 263 g/mol. The smallest absolute Gasteiger partial charge is 0.123 e. The number of pyridine rings is 1. The first kappa shape index (κ1) is 13.7. The summed E-state index contributed by atoms with van der Waals surface area (Å²) >= 11 is 0. The van der Waals surface area contributed by atoms with E-state index >= 15 is 0 Å². The third-order valence-corrected chi connectivity index (χ3v) is 3.86. The maximum atomic E-state index is 13.3. The molecule has 2 aromatic carbocycles. The van der Waals surface area contributed by atoms with Crippen LogP contribution in [0.15, 0.2) is 54.9 Å². The predicted molar refractivity (Wildman–Crippen MR) is 83.8 cm³/mol. The summed E-state index contributed by atoms with van der Waals surface area (Å²) in [4.78, 5) is 4.23. The fourth-order valence-electron chi connectivity index (χ4n) is 2.83. The molecule has 0 bridgehead atoms. The molecule has 0 amide bonds. The van der Waals surface area contributed by atoms with E-state index in [0.29, 0.717) is 0 Å². The van der Waals surface area contributed by atoms with E-state index in [1.54, 1.807) is 12.3 Å². The molecule has 1 atom stereocenters. The Balaban J connectivity index is 2.18. The van der Waals surface area contributed by atoms with E-state index in [1.165, 1.54) is 6.07 Å². The molecule has 0 fully saturated rings. The second kappa shape index (κ2) is 5.62. The maximum absolute atomic E-state index is 13.3. The van der Waals surface area contributed by atoms with Gasteiger partial charge in [-0.05, 0) is 54.2 Å². The molecule has 0 radical (unpaired) electrons. The molecular formula is C18H17FN2. The minimum absolute atomic E-state index is 0.0125. The number of aromatic nitrogens is 1. The SMILES string of the molecule is CNC(c1ccc(F)cc1C)c1cccc2ccncc12. The Morgan fingerprint density at radius 1 is 1.10 bits per heavy atom. The van der Waals surface area contributed by atoms with Gasteiger partial charge in [0, 0.05) is 17.8 Å². The Bertz CT molecular complexity index is 778. The zero-order chi connectivity index (χ0) is 14.8. The number of aryl methyl sites for hydroxylation is 1. The van der Waals surface area contributed by atoms with Gasteiger partial charge in [-0.2, -0.15) is 0 Å². The van der Waals surface area contributed by atoms with Crippen LogP contribution in [0.5, 0.6) is 0 Å². The molecule has 3 rings (SSSR count). The average Bonchev–Trinajstić information content (AvgIpc) is 2.50. The van der Waals surface area contributed by atoms with Crippen LogP contribution in [0.25, 0.3) is 10.8 Å². The van der Waals surface area contributed by atoms with E-state index in [0.717, 1.165) is 27.5 Å². The van der Waals surface area contributed by atoms with Gasteiger partial charge in [-0.3, -0.25) is 4.98 Å². The minimum Gasteiger partial charge on any atom is -0.309 e. The number of benzene rings is 2. The number of fused-ring (bicyclic) bond motifs is 1. The van der Waals surface area contributed by atoms with Gasteiger partial charge in [0.2, 0.25) is 0 Å². The number of nitrogens with one attached hydrogen (secondary N) is 1. The highest BCUT2D eigenvalue weighted by Crippen LogP contribution is 2.30. The van der Waals surface area contributed by atoms with Crippen LogP contribution >= 0.6 is 0 Å². The van der Waals surface area contributed by atoms with Crippen LogP contribution < -0.4 is 5.32 Å². The van der Waals surface area contributed by atoms with Crippen LogP contribution in [0.2, 0.25) is 0 Å². The van der Waals surface area contributed by atoms with Crippen LogP contribution in [0.1, 0.15) is 22.7 Å². The van der Waals surface area contributed by atoms with Crippen molar-refractivity contribution in [3.05, 3.63) is 77.4 Å². The lowest BCUT2D eigenvalue weighted by Gasteiger charge is -2.21. The molecule has 21 heavy (non-hydrogen) atoms. The van der Waals surface area contributed by atoms with E-state index in [1.807, 2.05) is 38.4 Å². The highest BCUT2D eigenvalue weighted by atomic mass is 19.1. The van der Waals surface area contributed by atoms with Crippen molar-refractivity contribution in [2.75, 3.05) is 7.05 Å². The summed E-state index contributed by atoms with van der Waals surface area (Å²) in [5, 5.41) is 5.61. The molecule has 1 heterocycles. The lowest BCUT2D eigenvalue weighted by atomic mass is 9.92. The van der Waals surface area contributed by atoms with Crippen molar-refractivity contribution in [1.82, 2.24) is 10.3 Å². The summed E-state index contributed by atoms with van der Waals surface area (Å²) in [6.07, 6.45) is 3.68. The third kappa shape index (κ3) is 2.52. The van der Waals surface area contributed by atoms with Crippen LogP contribution in [-0.4, -0.2) is 12.0 Å². The van der Waals surface area contributed by atoms with Crippen molar-refractivity contribution in [1.29, 1.82) is 0 Å². The van der Waals surface area contributed by atoms with E-state index in [-0.39, 0.29) is 11.9 Å². The fraction of sp³-hybridized carbons (Fsp3) is 0.167. The van der Waals surface area contributed by atoms with Crippen molar-refractivity contribution in [2.24, 2.45) is 0 Å². The maximum Gasteiger partial charge on any atom is 0.123 e. The van der Waals surface area contributed by atoms with Crippen molar-refractivity contribution < 1.29 is 4.39 Å². The first-order chi connectivity index (χ1) is 10.2. The number of hydrogen-bond donors (Lipinski definition) is 1. The molecule has 0 aliphatic heterocycles. The molecule has 3 aromatic rings. The van der Waals surface area contributed by atoms with Gasteiger partial charge >= 0.3 is 0 Å². The van der Waals surface area contributed by atoms with Crippen LogP contribution in [0.4, 0.5) is 4.39 Å². The van der Waals surface area contributed by atoms with Crippen molar-refractivity contribution >= 4 is 10.8 Å². The average molecular weight is 280 g/mol. The molecule has 1 aromatic heterocycles. The van der Waals surface area contributed by atoms with Gasteiger partial charge in [-0.15, -0.1) is 0 Å². The third-order valence-electron chi connectivity index (χ3n) is 3.86. The second-order valence-corrected chi connectivity index (χ2v) is 5.17. The number of rotatable bonds is 3. The molecule has 1 N–H and O–H groups in total. The lowest BCUT2D eigenvalue weighted by molar-refractivity contribution is 0.621. The van der Waals surface area contributed by atoms with Crippen LogP contribution in [-0.2, 0) is 0 Å². The van der Waals surface area contributed by atoms with Crippen LogP contribution in [0.3, 0.4) is 0 Å². The Labute approximate surface area is 123 Å². The Morgan fingerprint density at radius 3 is 2.71 bits per heavy atom. The highest BCUT2D eigenvalue weighted by molar-refractivity contribution is 5.85. The summed E-state index contributed by atoms with van der Waals surface area (Å²) in [7, 11) is 1.92. The summed E-state index contributed by atoms with van der Waals surface area (Å²) < 4.78 is 13.3. The summed E-state index contributed by atoms with van der Waals surface area (Å²) in [5.74, 6) is -0.203. The summed E-state index contributed by atoms with van der Waals surface area (Å²) in [6.45, 7) is 1.94. The highest BCUT2D eigenvalue weighted by Gasteiger charge is 2.17. The molecule has 0 aliphatic carbocycles. The van der Waals surface area contributed by atoms with E-state index in [2.05, 4.69) is 22.4 Å². The summed E-state index contributed by atoms with van der Waals surface area (Å²) in [5.41, 5.74) is 3.17. The van der Waals surface area contributed by atoms with Crippen LogP contribution in [0, 0.1) is 12.7 Å². The molecule has 106 valence electrons. The van der Waals surface area contributed by atoms with Crippen molar-refractivity contribution in [3.63, 3.8) is 0 Å². The molecule has 3 heteroatoms. The molecule has 0 saturated carbocycles. The minimum atomic E-state index is -0.203. The quantitative estimate of drug-likeness (QED) is 0.784. The van der Waals surface area contributed by atoms with Gasteiger partial charge in [0.05, 0.1) is 6.04 Å². The van der Waals surface area contributed by atoms with Crippen molar-refractivity contribution in [3.8, 4) is 0 Å². The standard InChI is InChI=1S/C18H17FN2/c1-12-10-14(19)6-7-15(12)18(20-2)16-5-3-4-13-8-9-21-11-17(13)16/h3-11,18,20H,1-2H3. The van der Waals surface area contributed by atoms with E-state index in [4.69, 9.17) is 0 Å². The van der Waals surface area contributed by atoms with Gasteiger partial charge in [0.15, 0.2) is 0 Å². The molecule has 0 aliphatic rings. The zero-order valence-electron chi connectivity index (χ0n) is 12.1. The topological polar surface area (TPSA) is 24.9 Å². The number of nitrogens with zero attached hydrogens (tertiary/aromatic N) is 1. The van der Waals surface area contributed by atoms with Gasteiger partial charge in [0.1, 0.15) is 5.82 Å². The Kier molecular flexibility index (Phi) is 3.67. The molecule has 0 spiro atoms. The predicted octanol–water partition coefficient (Wildman–Crippen LogP) is 3.99. The number of hydrogen-bond acceptors (Lipinski definition) is 2. The number of halogens is 1. The first-order valence-electron chi connectivity index (χ1n) is 6.96. The summed E-state index contributed by atoms with van der Waals surface area (Å²) in [6, 6.07) is 13.2. The lowest BCUT2D eigenvalue weighted by Crippen LogP contribution is -2.19. The van der Waals surface area contributed by atoms with Gasteiger partial charge in [0.25, 0.3) is 0 Å². The monoisotopic (exact) mass is 280 g/mol. The molecule has 2 nitrogen and oxygen atoms in total. The van der Waals surface area contributed by atoms with Gasteiger partial charge in [-0.25, -0.2) is 4.39 Å². The van der Waals surface area contributed by atoms with Crippen molar-refractivity contribution in [2.45, 2.75) is 13.0 Å². The molecule has 0 saturated heterocycles. The zero-order valence-corrected chi connectivity index (χ0v) is 12.1. The first-order valence-corrected chi connectivity index (χ1v) is 6.96. The van der Waals surface area contributed by atoms with E-state index < -0.39 is 0 Å². The molecule has 1 unspecified atom stereocenters. The second-order valence-electron chi connectivity index (χ2n) is 5.17. The van der Waals surface area contributed by atoms with Gasteiger partial charge in [-0.1, -0.05) is 24.3 Å². The Morgan fingerprint density at radius 2 is 1.95 bits per heavy atom. The van der Waals surface area contributed by atoms with E-state index in [9.17, 15) is 4.39 Å². The van der Waals surface area contributed by atoms with Gasteiger partial charge < -0.3 is 5.32 Å². The Hall–Kier alpha value is -2.26.